The summed E-state index contributed by atoms with van der Waals surface area (Å²) in [6, 6.07) is 0. The zero-order chi connectivity index (χ0) is 6.69. The number of thiol groups is 1. The van der Waals surface area contributed by atoms with Gasteiger partial charge in [-0.25, -0.2) is 0 Å². The maximum Gasteiger partial charge on any atom is 0.0499 e. The molecule has 1 aliphatic heterocycles. The molecule has 0 aliphatic carbocycles. The molecule has 1 heterocycles. The second-order valence-electron chi connectivity index (χ2n) is 2.73. The van der Waals surface area contributed by atoms with Crippen molar-refractivity contribution in [3.05, 3.63) is 0 Å². The second-order valence-corrected chi connectivity index (χ2v) is 3.48. The van der Waals surface area contributed by atoms with E-state index in [4.69, 9.17) is 0 Å². The molecule has 2 heteroatoms. The van der Waals surface area contributed by atoms with E-state index in [1.165, 1.54) is 32.4 Å². The molecule has 0 N–H and O–H groups in total. The quantitative estimate of drug-likeness (QED) is 0.550. The first-order chi connectivity index (χ1) is 4.30. The van der Waals surface area contributed by atoms with Gasteiger partial charge in [0.2, 0.25) is 0 Å². The number of likely N-dealkylation sites (tertiary alicyclic amines) is 1. The van der Waals surface area contributed by atoms with Crippen molar-refractivity contribution in [2.75, 3.05) is 13.1 Å². The van der Waals surface area contributed by atoms with Gasteiger partial charge in [0.05, 0.1) is 0 Å². The molecule has 1 nitrogen and oxygen atoms in total. The summed E-state index contributed by atoms with van der Waals surface area (Å²) in [4.78, 5) is 2.42. The van der Waals surface area contributed by atoms with Gasteiger partial charge in [0.1, 0.15) is 0 Å². The molecule has 9 heavy (non-hydrogen) atoms. The third-order valence-electron chi connectivity index (χ3n) is 1.92. The Morgan fingerprint density at radius 3 is 2.11 bits per heavy atom. The normalized spacial score (nSPS) is 26.0. The largest absolute Gasteiger partial charge is 0.292 e. The molecule has 1 aliphatic rings. The van der Waals surface area contributed by atoms with E-state index >= 15 is 0 Å². The zero-order valence-corrected chi connectivity index (χ0v) is 6.90. The van der Waals surface area contributed by atoms with Crippen molar-refractivity contribution in [1.29, 1.82) is 0 Å². The van der Waals surface area contributed by atoms with E-state index in [1.807, 2.05) is 0 Å². The van der Waals surface area contributed by atoms with Gasteiger partial charge in [-0.2, -0.15) is 12.6 Å². The van der Waals surface area contributed by atoms with Crippen LogP contribution in [0.25, 0.3) is 0 Å². The molecule has 0 radical (unpaired) electrons. The van der Waals surface area contributed by atoms with Crippen molar-refractivity contribution < 1.29 is 0 Å². The summed E-state index contributed by atoms with van der Waals surface area (Å²) in [5.41, 5.74) is 0. The van der Waals surface area contributed by atoms with E-state index in [0.717, 1.165) is 0 Å². The molecule has 0 aromatic heterocycles. The van der Waals surface area contributed by atoms with E-state index in [-0.39, 0.29) is 0 Å². The summed E-state index contributed by atoms with van der Waals surface area (Å²) in [6.07, 6.45) is 4.15. The minimum Gasteiger partial charge on any atom is -0.292 e. The highest BCUT2D eigenvalue weighted by molar-refractivity contribution is 7.80. The van der Waals surface area contributed by atoms with Crippen LogP contribution in [0.2, 0.25) is 0 Å². The monoisotopic (exact) mass is 145 g/mol. The Hall–Kier alpha value is 0.310. The lowest BCUT2D eigenvalue weighted by Gasteiger charge is -2.29. The average molecular weight is 145 g/mol. The lowest BCUT2D eigenvalue weighted by Crippen LogP contribution is -2.34. The van der Waals surface area contributed by atoms with Crippen LogP contribution >= 0.6 is 12.6 Å². The Morgan fingerprint density at radius 2 is 1.78 bits per heavy atom. The molecule has 0 aromatic rings. The third-order valence-corrected chi connectivity index (χ3v) is 2.25. The van der Waals surface area contributed by atoms with Crippen molar-refractivity contribution in [3.63, 3.8) is 0 Å². The molecule has 1 fully saturated rings. The number of nitrogens with zero attached hydrogens (tertiary/aromatic N) is 1. The fourth-order valence-electron chi connectivity index (χ4n) is 1.29. The topological polar surface area (TPSA) is 3.24 Å². The number of hydrogen-bond donors (Lipinski definition) is 1. The van der Waals surface area contributed by atoms with Gasteiger partial charge in [-0.15, -0.1) is 0 Å². The van der Waals surface area contributed by atoms with Gasteiger partial charge in [0, 0.05) is 5.37 Å². The van der Waals surface area contributed by atoms with E-state index in [2.05, 4.69) is 24.5 Å². The van der Waals surface area contributed by atoms with Crippen molar-refractivity contribution in [2.24, 2.45) is 0 Å². The summed E-state index contributed by atoms with van der Waals surface area (Å²) in [5.74, 6) is 0. The summed E-state index contributed by atoms with van der Waals surface area (Å²) >= 11 is 4.37. The van der Waals surface area contributed by atoms with Crippen molar-refractivity contribution in [3.8, 4) is 0 Å². The second kappa shape index (κ2) is 3.47. The van der Waals surface area contributed by atoms with Crippen molar-refractivity contribution in [1.82, 2.24) is 4.90 Å². The van der Waals surface area contributed by atoms with Crippen LogP contribution in [-0.4, -0.2) is 23.4 Å². The third kappa shape index (κ3) is 2.18. The molecule has 0 bridgehead atoms. The molecular formula is C7H15NS. The van der Waals surface area contributed by atoms with Gasteiger partial charge < -0.3 is 0 Å². The van der Waals surface area contributed by atoms with Crippen LogP contribution in [0, 0.1) is 0 Å². The average Bonchev–Trinajstić information content (AvgIpc) is 1.90. The van der Waals surface area contributed by atoms with E-state index in [0.29, 0.717) is 5.37 Å². The van der Waals surface area contributed by atoms with Crippen molar-refractivity contribution in [2.45, 2.75) is 31.6 Å². The molecule has 0 amide bonds. The number of hydrogen-bond acceptors (Lipinski definition) is 2. The zero-order valence-electron chi connectivity index (χ0n) is 6.01. The summed E-state index contributed by atoms with van der Waals surface area (Å²) < 4.78 is 0. The predicted octanol–water partition coefficient (Wildman–Crippen LogP) is 1.75. The molecule has 54 valence electrons. The summed E-state index contributed by atoms with van der Waals surface area (Å²) in [5, 5.41) is 0.463. The van der Waals surface area contributed by atoms with Crippen LogP contribution in [0.15, 0.2) is 0 Å². The number of rotatable bonds is 1. The number of piperidine rings is 1. The SMILES string of the molecule is CC(S)N1CCCCC1. The highest BCUT2D eigenvalue weighted by Gasteiger charge is 2.12. The Labute approximate surface area is 62.8 Å². The first kappa shape index (κ1) is 7.42. The maximum atomic E-state index is 4.37. The molecule has 1 unspecified atom stereocenters. The first-order valence-corrected chi connectivity index (χ1v) is 4.24. The van der Waals surface area contributed by atoms with Gasteiger partial charge in [0.25, 0.3) is 0 Å². The fraction of sp³-hybridized carbons (Fsp3) is 1.00. The lowest BCUT2D eigenvalue weighted by atomic mass is 10.1. The van der Waals surface area contributed by atoms with Gasteiger partial charge in [0.15, 0.2) is 0 Å². The van der Waals surface area contributed by atoms with Gasteiger partial charge in [-0.3, -0.25) is 4.90 Å². The van der Waals surface area contributed by atoms with E-state index < -0.39 is 0 Å². The minimum atomic E-state index is 0.463. The van der Waals surface area contributed by atoms with Crippen LogP contribution < -0.4 is 0 Å². The Morgan fingerprint density at radius 1 is 1.22 bits per heavy atom. The Kier molecular flexibility index (Phi) is 2.86. The molecule has 1 rings (SSSR count). The molecule has 1 atom stereocenters. The molecule has 0 spiro atoms. The van der Waals surface area contributed by atoms with Crippen molar-refractivity contribution >= 4 is 12.6 Å². The maximum absolute atomic E-state index is 4.37. The summed E-state index contributed by atoms with van der Waals surface area (Å²) in [7, 11) is 0. The Bertz CT molecular complexity index is 77.0. The van der Waals surface area contributed by atoms with Gasteiger partial charge in [-0.1, -0.05) is 6.42 Å². The van der Waals surface area contributed by atoms with Crippen LogP contribution in [0.3, 0.4) is 0 Å². The smallest absolute Gasteiger partial charge is 0.0499 e. The summed E-state index contributed by atoms with van der Waals surface area (Å²) in [6.45, 7) is 4.66. The van der Waals surface area contributed by atoms with E-state index in [1.54, 1.807) is 0 Å². The predicted molar refractivity (Wildman–Crippen MR) is 43.9 cm³/mol. The highest BCUT2D eigenvalue weighted by atomic mass is 32.1. The highest BCUT2D eigenvalue weighted by Crippen LogP contribution is 2.12. The molecule has 0 aromatic carbocycles. The van der Waals surface area contributed by atoms with Gasteiger partial charge >= 0.3 is 0 Å². The van der Waals surface area contributed by atoms with Crippen LogP contribution in [0.4, 0.5) is 0 Å². The van der Waals surface area contributed by atoms with Crippen LogP contribution in [0.5, 0.6) is 0 Å². The first-order valence-electron chi connectivity index (χ1n) is 3.73. The molecule has 1 saturated heterocycles. The molecule has 0 saturated carbocycles. The van der Waals surface area contributed by atoms with Crippen LogP contribution in [-0.2, 0) is 0 Å². The molecular weight excluding hydrogens is 130 g/mol. The lowest BCUT2D eigenvalue weighted by molar-refractivity contribution is 0.223. The standard InChI is InChI=1S/C7H15NS/c1-7(9)8-5-3-2-4-6-8/h7,9H,2-6H2,1H3. The fourth-order valence-corrected chi connectivity index (χ4v) is 1.52. The van der Waals surface area contributed by atoms with Gasteiger partial charge in [-0.05, 0) is 32.9 Å². The minimum absolute atomic E-state index is 0.463. The van der Waals surface area contributed by atoms with E-state index in [9.17, 15) is 0 Å². The Balaban J connectivity index is 2.23. The van der Waals surface area contributed by atoms with Crippen LogP contribution in [0.1, 0.15) is 26.2 Å².